The van der Waals surface area contributed by atoms with Crippen molar-refractivity contribution in [2.75, 3.05) is 48.5 Å². The molecule has 4 aromatic rings. The van der Waals surface area contributed by atoms with Crippen molar-refractivity contribution >= 4 is 12.4 Å². The fourth-order valence-corrected chi connectivity index (χ4v) is 7.27. The molecule has 4 aliphatic heterocycles. The van der Waals surface area contributed by atoms with E-state index >= 15 is 0 Å². The van der Waals surface area contributed by atoms with Crippen LogP contribution < -0.4 is 31.4 Å². The number of methoxy groups -OCH3 is 2. The van der Waals surface area contributed by atoms with Crippen LogP contribution in [0.4, 0.5) is 0 Å². The van der Waals surface area contributed by atoms with Crippen LogP contribution in [0.15, 0.2) is 60.7 Å². The summed E-state index contributed by atoms with van der Waals surface area (Å²) in [5.74, 6) is 3.14. The first-order valence-corrected chi connectivity index (χ1v) is 15.6. The molecule has 0 saturated carbocycles. The summed E-state index contributed by atoms with van der Waals surface area (Å²) in [6.07, 6.45) is 3.16. The van der Waals surface area contributed by atoms with Gasteiger partial charge in [-0.2, -0.15) is 0 Å². The molecule has 8 rings (SSSR count). The number of fused-ring (bicyclic) bond motifs is 2. The van der Waals surface area contributed by atoms with Crippen molar-refractivity contribution in [3.63, 3.8) is 0 Å². The zero-order chi connectivity index (χ0) is 31.5. The average Bonchev–Trinajstić information content (AvgIpc) is 3.03. The molecule has 4 N–H and O–H groups in total. The van der Waals surface area contributed by atoms with Gasteiger partial charge in [-0.25, -0.2) is 0 Å². The Hall–Kier alpha value is -3.86. The van der Waals surface area contributed by atoms with Crippen LogP contribution in [0.1, 0.15) is 45.5 Å². The first kappa shape index (κ1) is 37.0. The highest BCUT2D eigenvalue weighted by Gasteiger charge is 2.41. The molecule has 0 aliphatic carbocycles. The number of phenolic OH excluding ortho intramolecular Hbond substituents is 2. The summed E-state index contributed by atoms with van der Waals surface area (Å²) in [5.41, 5.74) is 6.66. The minimum atomic E-state index is -0.0503. The number of nitrogens with zero attached hydrogens (tertiary/aromatic N) is 2. The van der Waals surface area contributed by atoms with E-state index in [9.17, 15) is 10.2 Å². The maximum Gasteiger partial charge on any atom is 0.201 e. The lowest BCUT2D eigenvalue weighted by Gasteiger charge is -2.43. The minimum Gasteiger partial charge on any atom is -1.00 e. The van der Waals surface area contributed by atoms with Crippen LogP contribution in [0.3, 0.4) is 0 Å². The molecule has 0 radical (unpaired) electrons. The van der Waals surface area contributed by atoms with Crippen LogP contribution in [-0.4, -0.2) is 73.5 Å². The van der Waals surface area contributed by atoms with Crippen LogP contribution in [0.5, 0.6) is 46.0 Å². The highest BCUT2D eigenvalue weighted by Crippen LogP contribution is 2.51. The van der Waals surface area contributed by atoms with Crippen molar-refractivity contribution in [2.24, 2.45) is 0 Å². The summed E-state index contributed by atoms with van der Waals surface area (Å²) < 4.78 is 25.2. The number of likely N-dealkylation sites (N-methyl/N-ethyl adjacent to an activating group) is 2. The molecular formula is C37H44Cl2N2O7. The molecule has 2 atom stereocenters. The Kier molecular flexibility index (Phi) is 11.0. The van der Waals surface area contributed by atoms with E-state index in [1.54, 1.807) is 20.3 Å². The van der Waals surface area contributed by atoms with E-state index in [4.69, 9.17) is 18.9 Å². The predicted octanol–water partition coefficient (Wildman–Crippen LogP) is 3.30. The van der Waals surface area contributed by atoms with Crippen molar-refractivity contribution in [2.45, 2.75) is 37.8 Å². The number of phenols is 2. The molecule has 4 aliphatic rings. The van der Waals surface area contributed by atoms with Crippen molar-refractivity contribution in [1.82, 2.24) is 4.90 Å². The van der Waals surface area contributed by atoms with Gasteiger partial charge in [0.05, 0.1) is 40.4 Å². The number of hydrogen-bond acceptors (Lipinski definition) is 7. The molecule has 0 saturated heterocycles. The van der Waals surface area contributed by atoms with Gasteiger partial charge in [0.25, 0.3) is 0 Å². The van der Waals surface area contributed by atoms with Crippen molar-refractivity contribution < 1.29 is 51.5 Å². The van der Waals surface area contributed by atoms with Gasteiger partial charge in [-0.05, 0) is 90.2 Å². The van der Waals surface area contributed by atoms with Gasteiger partial charge in [-0.3, -0.25) is 4.90 Å². The van der Waals surface area contributed by atoms with E-state index in [1.807, 2.05) is 30.3 Å². The molecule has 0 aromatic heterocycles. The number of halogens is 2. The van der Waals surface area contributed by atoms with E-state index in [-0.39, 0.29) is 53.9 Å². The van der Waals surface area contributed by atoms with Crippen molar-refractivity contribution in [3.8, 4) is 46.0 Å². The number of rotatable bonds is 2. The van der Waals surface area contributed by atoms with Gasteiger partial charge < -0.3 is 51.5 Å². The van der Waals surface area contributed by atoms with Crippen LogP contribution in [0, 0.1) is 0 Å². The Labute approximate surface area is 294 Å². The monoisotopic (exact) mass is 698 g/mol. The lowest BCUT2D eigenvalue weighted by atomic mass is 9.86. The average molecular weight is 700 g/mol. The zero-order valence-corrected chi connectivity index (χ0v) is 29.5. The molecule has 11 heteroatoms. The summed E-state index contributed by atoms with van der Waals surface area (Å²) in [4.78, 5) is 2.38. The second-order valence-corrected chi connectivity index (χ2v) is 13.1. The lowest BCUT2D eigenvalue weighted by molar-refractivity contribution is -0.923. The van der Waals surface area contributed by atoms with Gasteiger partial charge in [0, 0.05) is 25.4 Å². The van der Waals surface area contributed by atoms with Crippen LogP contribution in [0.2, 0.25) is 0 Å². The number of aromatic hydroxyl groups is 2. The predicted molar refractivity (Wildman–Crippen MR) is 183 cm³/mol. The highest BCUT2D eigenvalue weighted by atomic mass is 35.5. The molecule has 6 bridgehead atoms. The molecule has 4 heterocycles. The normalized spacial score (nSPS) is 18.9. The largest absolute Gasteiger partial charge is 1.00 e. The topological polar surface area (TPSA) is 112 Å². The zero-order valence-electron chi connectivity index (χ0n) is 27.9. The van der Waals surface area contributed by atoms with Gasteiger partial charge in [0.2, 0.25) is 5.75 Å². The number of hydrogen-bond donors (Lipinski definition) is 2. The second kappa shape index (κ2) is 14.3. The third-order valence-electron chi connectivity index (χ3n) is 9.99. The van der Waals surface area contributed by atoms with Gasteiger partial charge in [0.15, 0.2) is 34.5 Å². The SMILES string of the molecule is COc1cc2c3cc1Oc1cc(ccc1O)C[C@@H]1c4c(cc(OC)c(O)c4Oc4ccc(cc4)C[C@@H]3N(C)CC2)CC[N+]1(C)C.Cl.O.[Cl-]. The number of ether oxygens (including phenoxy) is 4. The standard InChI is InChI=1S/C37H40N2O6.2ClH.H2O/c1-38-14-12-24-19-32(42-4)33-21-27(24)28(38)16-22-6-9-26(10-7-22)44-37-35-25(20-34(43-5)36(37)41)13-15-39(2,3)29(35)17-23-8-11-30(40)31(18-23)45-33;;;/h6-11,18-21,28-29H,12-17H2,1-5H3,(H-,40,41);2*1H;1H2/t28-,29+;;;/m0.../s1. The Morgan fingerprint density at radius 3 is 2.21 bits per heavy atom. The summed E-state index contributed by atoms with van der Waals surface area (Å²) in [6, 6.07) is 19.9. The Morgan fingerprint density at radius 2 is 1.50 bits per heavy atom. The molecule has 258 valence electrons. The molecule has 0 amide bonds. The van der Waals surface area contributed by atoms with Crippen molar-refractivity contribution in [1.29, 1.82) is 0 Å². The Morgan fingerprint density at radius 1 is 0.812 bits per heavy atom. The molecule has 0 unspecified atom stereocenters. The van der Waals surface area contributed by atoms with Gasteiger partial charge in [-0.1, -0.05) is 18.2 Å². The molecule has 4 aromatic carbocycles. The van der Waals surface area contributed by atoms with Crippen molar-refractivity contribution in [3.05, 3.63) is 94.0 Å². The van der Waals surface area contributed by atoms with E-state index in [0.717, 1.165) is 49.0 Å². The second-order valence-electron chi connectivity index (χ2n) is 13.1. The summed E-state index contributed by atoms with van der Waals surface area (Å²) in [5, 5.41) is 22.4. The number of benzene rings is 4. The summed E-state index contributed by atoms with van der Waals surface area (Å²) in [6.45, 7) is 1.84. The highest BCUT2D eigenvalue weighted by molar-refractivity contribution is 5.85. The minimum absolute atomic E-state index is 0. The lowest BCUT2D eigenvalue weighted by Crippen LogP contribution is -3.00. The van der Waals surface area contributed by atoms with Crippen LogP contribution in [0.25, 0.3) is 0 Å². The van der Waals surface area contributed by atoms with Gasteiger partial charge in [0.1, 0.15) is 11.8 Å². The van der Waals surface area contributed by atoms with E-state index in [1.165, 1.54) is 16.7 Å². The van der Waals surface area contributed by atoms with E-state index in [2.05, 4.69) is 50.3 Å². The smallest absolute Gasteiger partial charge is 0.201 e. The summed E-state index contributed by atoms with van der Waals surface area (Å²) >= 11 is 0. The van der Waals surface area contributed by atoms with Crippen LogP contribution >= 0.6 is 12.4 Å². The van der Waals surface area contributed by atoms with Gasteiger partial charge in [-0.15, -0.1) is 12.4 Å². The first-order chi connectivity index (χ1) is 21.6. The van der Waals surface area contributed by atoms with Crippen LogP contribution in [-0.2, 0) is 25.7 Å². The molecule has 9 nitrogen and oxygen atoms in total. The first-order valence-electron chi connectivity index (χ1n) is 15.6. The fraction of sp³-hybridized carbons (Fsp3) is 0.351. The van der Waals surface area contributed by atoms with E-state index in [0.29, 0.717) is 45.4 Å². The Balaban J connectivity index is 0.00000173. The molecule has 0 spiro atoms. The quantitative estimate of drug-likeness (QED) is 0.309. The molecule has 0 fully saturated rings. The Bertz CT molecular complexity index is 1780. The number of quaternary nitrogens is 1. The van der Waals surface area contributed by atoms with Gasteiger partial charge >= 0.3 is 0 Å². The maximum atomic E-state index is 11.5. The molecular weight excluding hydrogens is 655 g/mol. The maximum absolute atomic E-state index is 11.5. The fourth-order valence-electron chi connectivity index (χ4n) is 7.27. The summed E-state index contributed by atoms with van der Waals surface area (Å²) in [7, 11) is 9.80. The molecule has 48 heavy (non-hydrogen) atoms. The van der Waals surface area contributed by atoms with E-state index < -0.39 is 0 Å². The third kappa shape index (κ3) is 6.58. The third-order valence-corrected chi connectivity index (χ3v) is 9.99.